The van der Waals surface area contributed by atoms with Crippen LogP contribution in [0.25, 0.3) is 10.8 Å². The number of amides is 1. The Morgan fingerprint density at radius 1 is 0.962 bits per heavy atom. The van der Waals surface area contributed by atoms with Crippen LogP contribution in [0.4, 0.5) is 0 Å². The Morgan fingerprint density at radius 2 is 1.65 bits per heavy atom. The lowest BCUT2D eigenvalue weighted by molar-refractivity contribution is -0.122. The van der Waals surface area contributed by atoms with E-state index in [0.29, 0.717) is 18.1 Å². The first-order chi connectivity index (χ1) is 12.7. The molecule has 0 saturated carbocycles. The Hall–Kier alpha value is -3.01. The van der Waals surface area contributed by atoms with Gasteiger partial charge in [0.15, 0.2) is 11.5 Å². The minimum atomic E-state index is -0.0571. The quantitative estimate of drug-likeness (QED) is 0.683. The molecule has 0 aromatic heterocycles. The highest BCUT2D eigenvalue weighted by atomic mass is 16.5. The number of hydrogen-bond acceptors (Lipinski definition) is 3. The molecule has 0 aliphatic rings. The van der Waals surface area contributed by atoms with Gasteiger partial charge in [0.2, 0.25) is 5.91 Å². The summed E-state index contributed by atoms with van der Waals surface area (Å²) in [4.78, 5) is 12.2. The van der Waals surface area contributed by atoms with Gasteiger partial charge in [-0.15, -0.1) is 0 Å². The second-order valence-corrected chi connectivity index (χ2v) is 6.15. The van der Waals surface area contributed by atoms with E-state index in [2.05, 4.69) is 35.6 Å². The van der Waals surface area contributed by atoms with Crippen molar-refractivity contribution in [1.82, 2.24) is 5.32 Å². The standard InChI is InChI=1S/C22H23NO3/c1-16(18-12-11-17-7-3-4-8-19(17)15-18)23-22(24)13-14-26-21-10-6-5-9-20(21)25-2/h3-12,15-16H,13-14H2,1-2H3,(H,23,24). The zero-order valence-corrected chi connectivity index (χ0v) is 15.1. The summed E-state index contributed by atoms with van der Waals surface area (Å²) in [6.07, 6.45) is 0.288. The summed E-state index contributed by atoms with van der Waals surface area (Å²) in [5, 5.41) is 5.39. The van der Waals surface area contributed by atoms with Gasteiger partial charge in [0, 0.05) is 0 Å². The summed E-state index contributed by atoms with van der Waals surface area (Å²) in [5.41, 5.74) is 1.09. The molecule has 4 heteroatoms. The first kappa shape index (κ1) is 17.8. The molecule has 1 amide bonds. The Labute approximate surface area is 153 Å². The van der Waals surface area contributed by atoms with E-state index < -0.39 is 0 Å². The molecule has 4 nitrogen and oxygen atoms in total. The summed E-state index contributed by atoms with van der Waals surface area (Å²) in [6.45, 7) is 2.29. The summed E-state index contributed by atoms with van der Waals surface area (Å²) < 4.78 is 10.9. The molecule has 3 rings (SSSR count). The van der Waals surface area contributed by atoms with E-state index in [4.69, 9.17) is 9.47 Å². The van der Waals surface area contributed by atoms with Crippen molar-refractivity contribution in [3.8, 4) is 11.5 Å². The fourth-order valence-corrected chi connectivity index (χ4v) is 2.87. The number of ether oxygens (including phenoxy) is 2. The van der Waals surface area contributed by atoms with Gasteiger partial charge in [-0.1, -0.05) is 48.5 Å². The smallest absolute Gasteiger partial charge is 0.223 e. The van der Waals surface area contributed by atoms with Crippen molar-refractivity contribution in [2.75, 3.05) is 13.7 Å². The maximum Gasteiger partial charge on any atom is 0.223 e. The van der Waals surface area contributed by atoms with Crippen molar-refractivity contribution >= 4 is 16.7 Å². The Balaban J connectivity index is 1.53. The summed E-state index contributed by atoms with van der Waals surface area (Å²) in [6, 6.07) is 21.8. The number of fused-ring (bicyclic) bond motifs is 1. The van der Waals surface area contributed by atoms with Crippen molar-refractivity contribution in [2.24, 2.45) is 0 Å². The molecule has 134 valence electrons. The van der Waals surface area contributed by atoms with Crippen LogP contribution in [0.1, 0.15) is 24.9 Å². The molecule has 3 aromatic rings. The highest BCUT2D eigenvalue weighted by molar-refractivity contribution is 5.83. The number of nitrogens with one attached hydrogen (secondary N) is 1. The lowest BCUT2D eigenvalue weighted by Gasteiger charge is -2.16. The van der Waals surface area contributed by atoms with Gasteiger partial charge in [-0.05, 0) is 41.5 Å². The van der Waals surface area contributed by atoms with Crippen LogP contribution in [0, 0.1) is 0 Å². The molecule has 0 heterocycles. The number of carbonyl (C=O) groups excluding carboxylic acids is 1. The van der Waals surface area contributed by atoms with Crippen LogP contribution in [-0.4, -0.2) is 19.6 Å². The molecule has 0 radical (unpaired) electrons. The van der Waals surface area contributed by atoms with Gasteiger partial charge >= 0.3 is 0 Å². The van der Waals surface area contributed by atoms with Crippen LogP contribution in [-0.2, 0) is 4.79 Å². The lowest BCUT2D eigenvalue weighted by Crippen LogP contribution is -2.27. The number of carbonyl (C=O) groups is 1. The second-order valence-electron chi connectivity index (χ2n) is 6.15. The van der Waals surface area contributed by atoms with Crippen LogP contribution < -0.4 is 14.8 Å². The summed E-state index contributed by atoms with van der Waals surface area (Å²) in [7, 11) is 1.60. The van der Waals surface area contributed by atoms with Gasteiger partial charge in [0.25, 0.3) is 0 Å². The molecule has 0 aliphatic carbocycles. The first-order valence-corrected chi connectivity index (χ1v) is 8.71. The molecule has 3 aromatic carbocycles. The van der Waals surface area contributed by atoms with Crippen molar-refractivity contribution in [3.63, 3.8) is 0 Å². The normalized spacial score (nSPS) is 11.8. The topological polar surface area (TPSA) is 47.6 Å². The van der Waals surface area contributed by atoms with Crippen LogP contribution in [0.15, 0.2) is 66.7 Å². The molecule has 0 bridgehead atoms. The number of benzene rings is 3. The van der Waals surface area contributed by atoms with Gasteiger partial charge in [0.1, 0.15) is 0 Å². The fourth-order valence-electron chi connectivity index (χ4n) is 2.87. The second kappa shape index (κ2) is 8.39. The predicted octanol–water partition coefficient (Wildman–Crippen LogP) is 4.49. The van der Waals surface area contributed by atoms with Crippen LogP contribution in [0.2, 0.25) is 0 Å². The minimum Gasteiger partial charge on any atom is -0.493 e. The fraction of sp³-hybridized carbons (Fsp3) is 0.227. The van der Waals surface area contributed by atoms with E-state index in [1.54, 1.807) is 7.11 Å². The van der Waals surface area contributed by atoms with E-state index >= 15 is 0 Å². The molecule has 0 aliphatic heterocycles. The number of para-hydroxylation sites is 2. The number of rotatable bonds is 7. The van der Waals surface area contributed by atoms with Crippen molar-refractivity contribution in [2.45, 2.75) is 19.4 Å². The molecule has 1 N–H and O–H groups in total. The first-order valence-electron chi connectivity index (χ1n) is 8.71. The lowest BCUT2D eigenvalue weighted by atomic mass is 10.0. The average molecular weight is 349 g/mol. The number of methoxy groups -OCH3 is 1. The highest BCUT2D eigenvalue weighted by Crippen LogP contribution is 2.26. The Morgan fingerprint density at radius 3 is 2.42 bits per heavy atom. The molecule has 0 fully saturated rings. The van der Waals surface area contributed by atoms with E-state index in [1.165, 1.54) is 10.8 Å². The zero-order chi connectivity index (χ0) is 18.4. The van der Waals surface area contributed by atoms with Gasteiger partial charge in [-0.2, -0.15) is 0 Å². The largest absolute Gasteiger partial charge is 0.493 e. The van der Waals surface area contributed by atoms with Crippen LogP contribution in [0.3, 0.4) is 0 Å². The maximum atomic E-state index is 12.2. The third kappa shape index (κ3) is 4.33. The van der Waals surface area contributed by atoms with E-state index in [9.17, 15) is 4.79 Å². The molecule has 1 unspecified atom stereocenters. The third-order valence-electron chi connectivity index (χ3n) is 4.31. The molecular weight excluding hydrogens is 326 g/mol. The molecule has 26 heavy (non-hydrogen) atoms. The van der Waals surface area contributed by atoms with Crippen LogP contribution >= 0.6 is 0 Å². The third-order valence-corrected chi connectivity index (χ3v) is 4.31. The zero-order valence-electron chi connectivity index (χ0n) is 15.1. The SMILES string of the molecule is COc1ccccc1OCCC(=O)NC(C)c1ccc2ccccc2c1. The van der Waals surface area contributed by atoms with Gasteiger partial charge in [0.05, 0.1) is 26.2 Å². The number of hydrogen-bond donors (Lipinski definition) is 1. The summed E-state index contributed by atoms with van der Waals surface area (Å²) in [5.74, 6) is 1.27. The van der Waals surface area contributed by atoms with Crippen molar-refractivity contribution in [1.29, 1.82) is 0 Å². The van der Waals surface area contributed by atoms with Gasteiger partial charge in [-0.3, -0.25) is 4.79 Å². The molecule has 1 atom stereocenters. The van der Waals surface area contributed by atoms with Crippen molar-refractivity contribution < 1.29 is 14.3 Å². The van der Waals surface area contributed by atoms with Crippen molar-refractivity contribution in [3.05, 3.63) is 72.3 Å². The van der Waals surface area contributed by atoms with E-state index in [0.717, 1.165) is 5.56 Å². The monoisotopic (exact) mass is 349 g/mol. The van der Waals surface area contributed by atoms with Gasteiger partial charge < -0.3 is 14.8 Å². The van der Waals surface area contributed by atoms with E-state index in [1.807, 2.05) is 43.3 Å². The predicted molar refractivity (Wildman–Crippen MR) is 104 cm³/mol. The maximum absolute atomic E-state index is 12.2. The Kier molecular flexibility index (Phi) is 5.74. The Bertz CT molecular complexity index is 891. The minimum absolute atomic E-state index is 0.0412. The molecular formula is C22H23NO3. The van der Waals surface area contributed by atoms with Gasteiger partial charge in [-0.25, -0.2) is 0 Å². The van der Waals surface area contributed by atoms with Crippen LogP contribution in [0.5, 0.6) is 11.5 Å². The average Bonchev–Trinajstić information content (AvgIpc) is 2.68. The summed E-state index contributed by atoms with van der Waals surface area (Å²) >= 11 is 0. The van der Waals surface area contributed by atoms with E-state index in [-0.39, 0.29) is 18.4 Å². The highest BCUT2D eigenvalue weighted by Gasteiger charge is 2.11. The molecule has 0 spiro atoms. The molecule has 0 saturated heterocycles.